The number of ether oxygens (including phenoxy) is 1. The molecular formula is C27H23FN4O2S. The predicted octanol–water partition coefficient (Wildman–Crippen LogP) is 6.06. The maximum Gasteiger partial charge on any atom is 0.258 e. The highest BCUT2D eigenvalue weighted by Crippen LogP contribution is 2.40. The van der Waals surface area contributed by atoms with E-state index in [4.69, 9.17) is 26.5 Å². The number of rotatable bonds is 5. The van der Waals surface area contributed by atoms with Crippen molar-refractivity contribution in [1.82, 2.24) is 15.5 Å². The molecule has 0 radical (unpaired) electrons. The molecule has 0 saturated carbocycles. The molecule has 1 atom stereocenters. The van der Waals surface area contributed by atoms with Crippen LogP contribution in [0.5, 0.6) is 5.75 Å². The molecule has 0 aliphatic carbocycles. The van der Waals surface area contributed by atoms with E-state index in [0.29, 0.717) is 28.3 Å². The summed E-state index contributed by atoms with van der Waals surface area (Å²) in [4.78, 5) is 6.51. The second kappa shape index (κ2) is 9.31. The SMILES string of the molecule is COc1cccc(C2NC(=S)N(c3cccc(F)c3)C(C)=C2c2nc(-c3cccc(C)c3)no2)c1. The van der Waals surface area contributed by atoms with Gasteiger partial charge in [0.15, 0.2) is 5.11 Å². The smallest absolute Gasteiger partial charge is 0.258 e. The fourth-order valence-corrected chi connectivity index (χ4v) is 4.61. The van der Waals surface area contributed by atoms with Crippen LogP contribution < -0.4 is 15.0 Å². The first-order valence-corrected chi connectivity index (χ1v) is 11.5. The van der Waals surface area contributed by atoms with Crippen LogP contribution in [-0.4, -0.2) is 22.4 Å². The predicted molar refractivity (Wildman–Crippen MR) is 137 cm³/mol. The van der Waals surface area contributed by atoms with Crippen LogP contribution in [0.2, 0.25) is 0 Å². The standard InChI is InChI=1S/C27H23FN4O2S/c1-16-7-4-9-19(13-16)25-30-26(34-31-25)23-17(2)32(21-11-6-10-20(28)15-21)27(35)29-24(23)18-8-5-12-22(14-18)33-3/h4-15,24H,1-3H3,(H,29,35). The molecule has 5 rings (SSSR count). The van der Waals surface area contributed by atoms with Gasteiger partial charge in [-0.1, -0.05) is 47.1 Å². The van der Waals surface area contributed by atoms with Gasteiger partial charge in [-0.05, 0) is 68.0 Å². The number of allylic oxidation sites excluding steroid dienone is 1. The van der Waals surface area contributed by atoms with E-state index in [1.54, 1.807) is 24.1 Å². The van der Waals surface area contributed by atoms with Gasteiger partial charge >= 0.3 is 0 Å². The molecule has 2 heterocycles. The van der Waals surface area contributed by atoms with Crippen LogP contribution in [0.3, 0.4) is 0 Å². The number of benzene rings is 3. The van der Waals surface area contributed by atoms with Crippen LogP contribution in [0.15, 0.2) is 83.0 Å². The minimum atomic E-state index is -0.381. The number of nitrogens with one attached hydrogen (secondary N) is 1. The largest absolute Gasteiger partial charge is 0.497 e. The Bertz CT molecular complexity index is 1450. The summed E-state index contributed by atoms with van der Waals surface area (Å²) in [7, 11) is 1.62. The lowest BCUT2D eigenvalue weighted by atomic mass is 9.94. The quantitative estimate of drug-likeness (QED) is 0.344. The molecule has 3 aromatic carbocycles. The van der Waals surface area contributed by atoms with E-state index in [2.05, 4.69) is 10.5 Å². The first kappa shape index (κ1) is 22.7. The molecule has 1 N–H and O–H groups in total. The Morgan fingerprint density at radius 3 is 2.60 bits per heavy atom. The van der Waals surface area contributed by atoms with Crippen molar-refractivity contribution in [3.05, 3.63) is 101 Å². The molecule has 0 bridgehead atoms. The molecule has 1 aromatic heterocycles. The van der Waals surface area contributed by atoms with E-state index in [9.17, 15) is 4.39 Å². The lowest BCUT2D eigenvalue weighted by Gasteiger charge is -2.37. The van der Waals surface area contributed by atoms with E-state index in [1.165, 1.54) is 12.1 Å². The average Bonchev–Trinajstić information content (AvgIpc) is 3.33. The fraction of sp³-hybridized carbons (Fsp3) is 0.148. The fourth-order valence-electron chi connectivity index (χ4n) is 4.25. The average molecular weight is 487 g/mol. The summed E-state index contributed by atoms with van der Waals surface area (Å²) >= 11 is 5.73. The summed E-state index contributed by atoms with van der Waals surface area (Å²) in [5.41, 5.74) is 4.96. The zero-order chi connectivity index (χ0) is 24.5. The van der Waals surface area contributed by atoms with Gasteiger partial charge in [0.2, 0.25) is 5.82 Å². The van der Waals surface area contributed by atoms with E-state index in [1.807, 2.05) is 62.4 Å². The first-order chi connectivity index (χ1) is 16.9. The van der Waals surface area contributed by atoms with E-state index in [-0.39, 0.29) is 11.9 Å². The molecule has 0 fully saturated rings. The molecule has 4 aromatic rings. The molecule has 176 valence electrons. The van der Waals surface area contributed by atoms with Gasteiger partial charge in [0.1, 0.15) is 11.6 Å². The number of thiocarbonyl (C=S) groups is 1. The molecule has 0 saturated heterocycles. The maximum absolute atomic E-state index is 14.1. The Morgan fingerprint density at radius 2 is 1.83 bits per heavy atom. The number of aryl methyl sites for hydroxylation is 1. The van der Waals surface area contributed by atoms with Crippen molar-refractivity contribution >= 4 is 28.6 Å². The number of aromatic nitrogens is 2. The highest BCUT2D eigenvalue weighted by atomic mass is 32.1. The third-order valence-electron chi connectivity index (χ3n) is 5.91. The van der Waals surface area contributed by atoms with Crippen molar-refractivity contribution in [2.45, 2.75) is 19.9 Å². The summed E-state index contributed by atoms with van der Waals surface area (Å²) < 4.78 is 25.3. The van der Waals surface area contributed by atoms with Crippen molar-refractivity contribution in [2.24, 2.45) is 0 Å². The van der Waals surface area contributed by atoms with Crippen LogP contribution in [-0.2, 0) is 0 Å². The van der Waals surface area contributed by atoms with Gasteiger partial charge in [0.05, 0.1) is 24.4 Å². The summed E-state index contributed by atoms with van der Waals surface area (Å²) in [5, 5.41) is 8.06. The lowest BCUT2D eigenvalue weighted by Crippen LogP contribution is -2.46. The molecule has 0 amide bonds. The van der Waals surface area contributed by atoms with Gasteiger partial charge in [-0.15, -0.1) is 0 Å². The van der Waals surface area contributed by atoms with Gasteiger partial charge in [-0.3, -0.25) is 4.90 Å². The van der Waals surface area contributed by atoms with Crippen molar-refractivity contribution in [2.75, 3.05) is 12.0 Å². The molecule has 35 heavy (non-hydrogen) atoms. The van der Waals surface area contributed by atoms with Crippen molar-refractivity contribution in [1.29, 1.82) is 0 Å². The first-order valence-electron chi connectivity index (χ1n) is 11.1. The summed E-state index contributed by atoms with van der Waals surface area (Å²) in [6, 6.07) is 21.5. The van der Waals surface area contributed by atoms with Crippen molar-refractivity contribution < 1.29 is 13.7 Å². The maximum atomic E-state index is 14.1. The Balaban J connectivity index is 1.67. The van der Waals surface area contributed by atoms with Crippen LogP contribution >= 0.6 is 12.2 Å². The number of nitrogens with zero attached hydrogens (tertiary/aromatic N) is 3. The van der Waals surface area contributed by atoms with Gasteiger partial charge in [-0.2, -0.15) is 4.98 Å². The molecule has 1 unspecified atom stereocenters. The van der Waals surface area contributed by atoms with Crippen molar-refractivity contribution in [3.63, 3.8) is 0 Å². The molecule has 6 nitrogen and oxygen atoms in total. The summed E-state index contributed by atoms with van der Waals surface area (Å²) in [5.74, 6) is 1.20. The molecule has 1 aliphatic heterocycles. The van der Waals surface area contributed by atoms with Crippen LogP contribution in [0.25, 0.3) is 17.0 Å². The Labute approximate surface area is 208 Å². The third-order valence-corrected chi connectivity index (χ3v) is 6.21. The normalized spacial score (nSPS) is 15.8. The highest BCUT2D eigenvalue weighted by molar-refractivity contribution is 7.80. The Morgan fingerprint density at radius 1 is 1.03 bits per heavy atom. The van der Waals surface area contributed by atoms with E-state index >= 15 is 0 Å². The monoisotopic (exact) mass is 486 g/mol. The van der Waals surface area contributed by atoms with Gasteiger partial charge < -0.3 is 14.6 Å². The summed E-state index contributed by atoms with van der Waals surface area (Å²) in [6.07, 6.45) is 0. The van der Waals surface area contributed by atoms with Crippen molar-refractivity contribution in [3.8, 4) is 17.1 Å². The molecule has 0 spiro atoms. The molecule has 1 aliphatic rings. The van der Waals surface area contributed by atoms with Gasteiger partial charge in [0, 0.05) is 11.3 Å². The second-order valence-corrected chi connectivity index (χ2v) is 8.65. The van der Waals surface area contributed by atoms with E-state index < -0.39 is 0 Å². The zero-order valence-corrected chi connectivity index (χ0v) is 20.3. The minimum absolute atomic E-state index is 0.350. The highest BCUT2D eigenvalue weighted by Gasteiger charge is 2.35. The molecule has 8 heteroatoms. The Kier molecular flexibility index (Phi) is 6.05. The van der Waals surface area contributed by atoms with E-state index in [0.717, 1.165) is 28.0 Å². The number of methoxy groups -OCH3 is 1. The van der Waals surface area contributed by atoms with Crippen LogP contribution in [0.1, 0.15) is 30.0 Å². The van der Waals surface area contributed by atoms with Crippen LogP contribution in [0.4, 0.5) is 10.1 Å². The second-order valence-electron chi connectivity index (χ2n) is 8.27. The zero-order valence-electron chi connectivity index (χ0n) is 19.4. The van der Waals surface area contributed by atoms with Crippen LogP contribution in [0, 0.1) is 12.7 Å². The number of hydrogen-bond donors (Lipinski definition) is 1. The summed E-state index contributed by atoms with van der Waals surface area (Å²) in [6.45, 7) is 3.93. The number of anilines is 1. The Hall–Kier alpha value is -4.04. The number of hydrogen-bond acceptors (Lipinski definition) is 5. The van der Waals surface area contributed by atoms with Gasteiger partial charge in [-0.25, -0.2) is 4.39 Å². The topological polar surface area (TPSA) is 63.4 Å². The number of halogens is 1. The lowest BCUT2D eigenvalue weighted by molar-refractivity contribution is 0.403. The molecular weight excluding hydrogens is 463 g/mol. The minimum Gasteiger partial charge on any atom is -0.497 e. The van der Waals surface area contributed by atoms with Gasteiger partial charge in [0.25, 0.3) is 5.89 Å². The third kappa shape index (κ3) is 4.40.